The molecule has 0 spiro atoms. The summed E-state index contributed by atoms with van der Waals surface area (Å²) in [5.74, 6) is 0.273. The van der Waals surface area contributed by atoms with Crippen molar-refractivity contribution in [3.8, 4) is 0 Å². The van der Waals surface area contributed by atoms with Crippen LogP contribution in [0.5, 0.6) is 0 Å². The lowest BCUT2D eigenvalue weighted by molar-refractivity contribution is 0.102. The van der Waals surface area contributed by atoms with Crippen LogP contribution in [0.25, 0.3) is 0 Å². The highest BCUT2D eigenvalue weighted by atomic mass is 35.5. The fourth-order valence-electron chi connectivity index (χ4n) is 1.32. The Morgan fingerprint density at radius 1 is 1.30 bits per heavy atom. The molecule has 106 valence electrons. The number of rotatable bonds is 5. The second kappa shape index (κ2) is 6.76. The van der Waals surface area contributed by atoms with Crippen molar-refractivity contribution < 1.29 is 4.79 Å². The van der Waals surface area contributed by atoms with Crippen LogP contribution in [-0.2, 0) is 0 Å². The minimum atomic E-state index is -0.0184. The molecule has 0 bridgehead atoms. The molecule has 0 atom stereocenters. The van der Waals surface area contributed by atoms with Crippen molar-refractivity contribution in [2.45, 2.75) is 4.34 Å². The molecule has 1 aromatic carbocycles. The predicted octanol–water partition coefficient (Wildman–Crippen LogP) is 3.89. The first-order chi connectivity index (χ1) is 9.47. The third-order valence-electron chi connectivity index (χ3n) is 2.35. The second-order valence-corrected chi connectivity index (χ2v) is 7.08. The van der Waals surface area contributed by atoms with E-state index >= 15 is 0 Å². The highest BCUT2D eigenvalue weighted by Gasteiger charge is 2.12. The van der Waals surface area contributed by atoms with Crippen molar-refractivity contribution in [1.82, 2.24) is 10.2 Å². The average Bonchev–Trinajstić information content (AvgIpc) is 2.88. The number of carbonyl (C=O) groups is 1. The number of thioether (sulfide) groups is 1. The highest BCUT2D eigenvalue weighted by Crippen LogP contribution is 2.28. The Kier molecular flexibility index (Phi) is 5.26. The first kappa shape index (κ1) is 15.6. The topological polar surface area (TPSA) is 46.1 Å². The van der Waals surface area contributed by atoms with Gasteiger partial charge in [-0.25, -0.2) is 0 Å². The molecule has 20 heavy (non-hydrogen) atoms. The van der Waals surface area contributed by atoms with Crippen LogP contribution in [0.2, 0.25) is 10.0 Å². The standard InChI is InChI=1S/C12H11Cl2N3OS2/c1-17(2)11-15-16-12(20-11)19-6-10(18)7-3-4-8(13)9(14)5-7/h3-5H,6H2,1-2H3. The molecule has 0 saturated carbocycles. The van der Waals surface area contributed by atoms with Gasteiger partial charge in [-0.3, -0.25) is 4.79 Å². The first-order valence-electron chi connectivity index (χ1n) is 5.59. The molecular formula is C12H11Cl2N3OS2. The summed E-state index contributed by atoms with van der Waals surface area (Å²) in [4.78, 5) is 13.9. The Labute approximate surface area is 135 Å². The lowest BCUT2D eigenvalue weighted by Crippen LogP contribution is -2.07. The maximum atomic E-state index is 12.0. The molecule has 0 aliphatic carbocycles. The van der Waals surface area contributed by atoms with Crippen molar-refractivity contribution in [1.29, 1.82) is 0 Å². The van der Waals surface area contributed by atoms with Crippen molar-refractivity contribution in [3.05, 3.63) is 33.8 Å². The van der Waals surface area contributed by atoms with Crippen LogP contribution in [0.1, 0.15) is 10.4 Å². The number of halogens is 2. The zero-order chi connectivity index (χ0) is 14.7. The molecule has 2 rings (SSSR count). The largest absolute Gasteiger partial charge is 0.353 e. The molecule has 0 radical (unpaired) electrons. The van der Waals surface area contributed by atoms with Crippen molar-refractivity contribution in [3.63, 3.8) is 0 Å². The van der Waals surface area contributed by atoms with Gasteiger partial charge in [-0.05, 0) is 18.2 Å². The van der Waals surface area contributed by atoms with Gasteiger partial charge in [-0.1, -0.05) is 46.3 Å². The molecule has 0 unspecified atom stereocenters. The molecule has 8 heteroatoms. The van der Waals surface area contributed by atoms with Crippen LogP contribution in [-0.4, -0.2) is 35.8 Å². The number of benzene rings is 1. The Morgan fingerprint density at radius 2 is 2.05 bits per heavy atom. The van der Waals surface area contributed by atoms with Gasteiger partial charge in [-0.2, -0.15) is 0 Å². The normalized spacial score (nSPS) is 10.6. The van der Waals surface area contributed by atoms with Crippen LogP contribution in [0.4, 0.5) is 5.13 Å². The summed E-state index contributed by atoms with van der Waals surface area (Å²) in [5, 5.41) is 9.68. The summed E-state index contributed by atoms with van der Waals surface area (Å²) in [6, 6.07) is 4.87. The van der Waals surface area contributed by atoms with Crippen molar-refractivity contribution in [2.24, 2.45) is 0 Å². The Hall–Kier alpha value is -0.820. The lowest BCUT2D eigenvalue weighted by Gasteiger charge is -2.03. The van der Waals surface area contributed by atoms with Gasteiger partial charge in [0.15, 0.2) is 10.1 Å². The van der Waals surface area contributed by atoms with Crippen LogP contribution >= 0.6 is 46.3 Å². The van der Waals surface area contributed by atoms with Gasteiger partial charge in [0.2, 0.25) is 5.13 Å². The number of nitrogens with zero attached hydrogens (tertiary/aromatic N) is 3. The average molecular weight is 348 g/mol. The number of Topliss-reactive ketones (excluding diaryl/α,β-unsaturated/α-hetero) is 1. The maximum absolute atomic E-state index is 12.0. The molecule has 4 nitrogen and oxygen atoms in total. The van der Waals surface area contributed by atoms with Gasteiger partial charge in [0.05, 0.1) is 15.8 Å². The first-order valence-corrected chi connectivity index (χ1v) is 8.15. The van der Waals surface area contributed by atoms with E-state index in [1.807, 2.05) is 19.0 Å². The fourth-order valence-corrected chi connectivity index (χ4v) is 3.28. The molecular weight excluding hydrogens is 337 g/mol. The summed E-state index contributed by atoms with van der Waals surface area (Å²) in [7, 11) is 3.80. The molecule has 0 N–H and O–H groups in total. The minimum absolute atomic E-state index is 0.0184. The van der Waals surface area contributed by atoms with Gasteiger partial charge >= 0.3 is 0 Å². The van der Waals surface area contributed by atoms with Crippen LogP contribution in [0.15, 0.2) is 22.5 Å². The Morgan fingerprint density at radius 3 is 2.65 bits per heavy atom. The molecule has 2 aromatic rings. The number of ketones is 1. The fraction of sp³-hybridized carbons (Fsp3) is 0.250. The smallest absolute Gasteiger partial charge is 0.208 e. The van der Waals surface area contributed by atoms with Gasteiger partial charge in [0.1, 0.15) is 0 Å². The lowest BCUT2D eigenvalue weighted by atomic mass is 10.1. The van der Waals surface area contributed by atoms with E-state index in [0.29, 0.717) is 21.4 Å². The minimum Gasteiger partial charge on any atom is -0.353 e. The summed E-state index contributed by atoms with van der Waals surface area (Å²) >= 11 is 14.5. The third-order valence-corrected chi connectivity index (χ3v) is 5.31. The maximum Gasteiger partial charge on any atom is 0.208 e. The van der Waals surface area contributed by atoms with E-state index in [1.54, 1.807) is 18.2 Å². The Balaban J connectivity index is 1.99. The van der Waals surface area contributed by atoms with Gasteiger partial charge in [-0.15, -0.1) is 10.2 Å². The van der Waals surface area contributed by atoms with E-state index in [-0.39, 0.29) is 5.78 Å². The van der Waals surface area contributed by atoms with E-state index in [4.69, 9.17) is 23.2 Å². The molecule has 0 aliphatic rings. The molecule has 0 amide bonds. The zero-order valence-corrected chi connectivity index (χ0v) is 13.9. The number of anilines is 1. The summed E-state index contributed by atoms with van der Waals surface area (Å²) in [5.41, 5.74) is 0.546. The van der Waals surface area contributed by atoms with E-state index in [0.717, 1.165) is 9.47 Å². The Bertz CT molecular complexity index is 631. The summed E-state index contributed by atoms with van der Waals surface area (Å²) in [6.07, 6.45) is 0. The second-order valence-electron chi connectivity index (χ2n) is 4.09. The number of hydrogen-bond acceptors (Lipinski definition) is 6. The number of carbonyl (C=O) groups excluding carboxylic acids is 1. The van der Waals surface area contributed by atoms with Crippen molar-refractivity contribution in [2.75, 3.05) is 24.7 Å². The SMILES string of the molecule is CN(C)c1nnc(SCC(=O)c2ccc(Cl)c(Cl)c2)s1. The summed E-state index contributed by atoms with van der Waals surface area (Å²) < 4.78 is 0.766. The van der Waals surface area contributed by atoms with E-state index < -0.39 is 0 Å². The highest BCUT2D eigenvalue weighted by molar-refractivity contribution is 8.01. The molecule has 1 aromatic heterocycles. The van der Waals surface area contributed by atoms with E-state index in [9.17, 15) is 4.79 Å². The van der Waals surface area contributed by atoms with Crippen LogP contribution in [0.3, 0.4) is 0 Å². The number of hydrogen-bond donors (Lipinski definition) is 0. The summed E-state index contributed by atoms with van der Waals surface area (Å²) in [6.45, 7) is 0. The quantitative estimate of drug-likeness (QED) is 0.606. The predicted molar refractivity (Wildman–Crippen MR) is 85.8 cm³/mol. The third kappa shape index (κ3) is 3.85. The molecule has 0 saturated heterocycles. The van der Waals surface area contributed by atoms with Gasteiger partial charge in [0.25, 0.3) is 0 Å². The van der Waals surface area contributed by atoms with Crippen LogP contribution < -0.4 is 4.90 Å². The molecule has 1 heterocycles. The van der Waals surface area contributed by atoms with E-state index in [1.165, 1.54) is 23.1 Å². The van der Waals surface area contributed by atoms with Gasteiger partial charge in [0, 0.05) is 19.7 Å². The van der Waals surface area contributed by atoms with Crippen molar-refractivity contribution >= 4 is 57.2 Å². The molecule has 0 aliphatic heterocycles. The van der Waals surface area contributed by atoms with Gasteiger partial charge < -0.3 is 4.90 Å². The molecule has 0 fully saturated rings. The zero-order valence-electron chi connectivity index (χ0n) is 10.8. The number of aromatic nitrogens is 2. The monoisotopic (exact) mass is 347 g/mol. The van der Waals surface area contributed by atoms with Crippen LogP contribution in [0, 0.1) is 0 Å². The van der Waals surface area contributed by atoms with E-state index in [2.05, 4.69) is 10.2 Å².